The number of nitrogens with zero attached hydrogens (tertiary/aromatic N) is 3. The molecule has 0 aliphatic rings. The van der Waals surface area contributed by atoms with Gasteiger partial charge in [0.15, 0.2) is 0 Å². The van der Waals surface area contributed by atoms with Gasteiger partial charge in [0.1, 0.15) is 5.82 Å². The van der Waals surface area contributed by atoms with Gasteiger partial charge in [-0.3, -0.25) is 14.9 Å². The Kier molecular flexibility index (Phi) is 3.90. The van der Waals surface area contributed by atoms with Gasteiger partial charge in [0, 0.05) is 23.4 Å². The zero-order chi connectivity index (χ0) is 14.7. The van der Waals surface area contributed by atoms with Crippen molar-refractivity contribution in [3.63, 3.8) is 0 Å². The van der Waals surface area contributed by atoms with Crippen molar-refractivity contribution in [1.29, 1.82) is 0 Å². The molecule has 8 heteroatoms. The second-order valence-corrected chi connectivity index (χ2v) is 4.26. The van der Waals surface area contributed by atoms with Crippen molar-refractivity contribution >= 4 is 29.0 Å². The van der Waals surface area contributed by atoms with Gasteiger partial charge in [0.2, 0.25) is 5.28 Å². The summed E-state index contributed by atoms with van der Waals surface area (Å²) in [5, 5.41) is 13.3. The standard InChI is InChI=1S/C12H9ClN4O3/c1-7-6-8(2-3-9(7)17(19)20)11(18)15-10-4-5-14-12(13)16-10/h2-6H,1H3,(H,14,15,16,18). The van der Waals surface area contributed by atoms with Crippen molar-refractivity contribution in [1.82, 2.24) is 9.97 Å². The molecule has 102 valence electrons. The van der Waals surface area contributed by atoms with E-state index in [4.69, 9.17) is 11.6 Å². The molecule has 1 N–H and O–H groups in total. The summed E-state index contributed by atoms with van der Waals surface area (Å²) < 4.78 is 0. The van der Waals surface area contributed by atoms with Gasteiger partial charge in [0.25, 0.3) is 11.6 Å². The number of nitrogens with one attached hydrogen (secondary N) is 1. The monoisotopic (exact) mass is 292 g/mol. The Bertz CT molecular complexity index is 690. The SMILES string of the molecule is Cc1cc(C(=O)Nc2ccnc(Cl)n2)ccc1[N+](=O)[O-]. The molecule has 1 aromatic carbocycles. The number of hydrogen-bond donors (Lipinski definition) is 1. The minimum absolute atomic E-state index is 0.0164. The fourth-order valence-electron chi connectivity index (χ4n) is 1.59. The first-order chi connectivity index (χ1) is 9.47. The number of carbonyl (C=O) groups excluding carboxylic acids is 1. The minimum atomic E-state index is -0.499. The van der Waals surface area contributed by atoms with Crippen LogP contribution in [0.5, 0.6) is 0 Å². The van der Waals surface area contributed by atoms with E-state index in [9.17, 15) is 14.9 Å². The number of nitro groups is 1. The third-order valence-electron chi connectivity index (χ3n) is 2.52. The van der Waals surface area contributed by atoms with Crippen LogP contribution in [-0.4, -0.2) is 20.8 Å². The smallest absolute Gasteiger partial charge is 0.272 e. The summed E-state index contributed by atoms with van der Waals surface area (Å²) >= 11 is 5.61. The van der Waals surface area contributed by atoms with Crippen molar-refractivity contribution in [3.8, 4) is 0 Å². The van der Waals surface area contributed by atoms with Gasteiger partial charge in [-0.2, -0.15) is 0 Å². The summed E-state index contributed by atoms with van der Waals surface area (Å²) in [5.74, 6) is -0.177. The van der Waals surface area contributed by atoms with E-state index in [1.807, 2.05) is 0 Å². The van der Waals surface area contributed by atoms with Gasteiger partial charge < -0.3 is 5.32 Å². The maximum Gasteiger partial charge on any atom is 0.272 e. The Morgan fingerprint density at radius 1 is 1.40 bits per heavy atom. The van der Waals surface area contributed by atoms with Gasteiger partial charge in [-0.1, -0.05) is 0 Å². The predicted molar refractivity (Wildman–Crippen MR) is 72.8 cm³/mol. The fraction of sp³-hybridized carbons (Fsp3) is 0.0833. The van der Waals surface area contributed by atoms with Crippen LogP contribution in [0.25, 0.3) is 0 Å². The van der Waals surface area contributed by atoms with Crippen molar-refractivity contribution in [2.75, 3.05) is 5.32 Å². The molecule has 0 bridgehead atoms. The highest BCUT2D eigenvalue weighted by atomic mass is 35.5. The van der Waals surface area contributed by atoms with Gasteiger partial charge in [-0.25, -0.2) is 9.97 Å². The molecule has 1 heterocycles. The lowest BCUT2D eigenvalue weighted by Gasteiger charge is -2.05. The lowest BCUT2D eigenvalue weighted by atomic mass is 10.1. The summed E-state index contributed by atoms with van der Waals surface area (Å²) in [6, 6.07) is 5.60. The molecule has 1 amide bonds. The number of nitro benzene ring substituents is 1. The van der Waals surface area contributed by atoms with E-state index in [0.29, 0.717) is 11.1 Å². The number of halogens is 1. The highest BCUT2D eigenvalue weighted by molar-refractivity contribution is 6.28. The van der Waals surface area contributed by atoms with E-state index in [-0.39, 0.29) is 16.8 Å². The van der Waals surface area contributed by atoms with Gasteiger partial charge in [-0.15, -0.1) is 0 Å². The molecule has 0 saturated carbocycles. The number of amides is 1. The van der Waals surface area contributed by atoms with E-state index in [1.165, 1.54) is 30.5 Å². The van der Waals surface area contributed by atoms with Gasteiger partial charge in [0.05, 0.1) is 4.92 Å². The maximum atomic E-state index is 12.0. The zero-order valence-corrected chi connectivity index (χ0v) is 11.1. The Labute approximate surface area is 118 Å². The summed E-state index contributed by atoms with van der Waals surface area (Å²) in [6.07, 6.45) is 1.41. The van der Waals surface area contributed by atoms with Crippen molar-refractivity contribution in [2.45, 2.75) is 6.92 Å². The van der Waals surface area contributed by atoms with Gasteiger partial charge in [-0.05, 0) is 36.7 Å². The molecular formula is C12H9ClN4O3. The average molecular weight is 293 g/mol. The van der Waals surface area contributed by atoms with E-state index >= 15 is 0 Å². The molecule has 0 unspecified atom stereocenters. The highest BCUT2D eigenvalue weighted by Gasteiger charge is 2.14. The molecule has 7 nitrogen and oxygen atoms in total. The highest BCUT2D eigenvalue weighted by Crippen LogP contribution is 2.19. The third-order valence-corrected chi connectivity index (χ3v) is 2.71. The number of carbonyl (C=O) groups is 1. The Hall–Kier alpha value is -2.54. The van der Waals surface area contributed by atoms with Crippen LogP contribution in [0.4, 0.5) is 11.5 Å². The molecule has 20 heavy (non-hydrogen) atoms. The van der Waals surface area contributed by atoms with Crippen molar-refractivity contribution in [3.05, 3.63) is 57.0 Å². The molecule has 0 aliphatic carbocycles. The summed E-state index contributed by atoms with van der Waals surface area (Å²) in [5.41, 5.74) is 0.665. The Balaban J connectivity index is 2.22. The van der Waals surface area contributed by atoms with E-state index in [2.05, 4.69) is 15.3 Å². The molecule has 0 fully saturated rings. The van der Waals surface area contributed by atoms with Crippen LogP contribution < -0.4 is 5.32 Å². The number of aryl methyl sites for hydroxylation is 1. The van der Waals surface area contributed by atoms with Crippen LogP contribution >= 0.6 is 11.6 Å². The van der Waals surface area contributed by atoms with E-state index in [1.54, 1.807) is 6.92 Å². The molecule has 0 atom stereocenters. The second kappa shape index (κ2) is 5.62. The summed E-state index contributed by atoms with van der Waals surface area (Å²) in [7, 11) is 0. The van der Waals surface area contributed by atoms with Crippen molar-refractivity contribution in [2.24, 2.45) is 0 Å². The van der Waals surface area contributed by atoms with Crippen LogP contribution in [0, 0.1) is 17.0 Å². The number of aromatic nitrogens is 2. The number of hydrogen-bond acceptors (Lipinski definition) is 5. The molecule has 0 saturated heterocycles. The Morgan fingerprint density at radius 2 is 2.15 bits per heavy atom. The molecule has 0 aliphatic heterocycles. The minimum Gasteiger partial charge on any atom is -0.306 e. The number of anilines is 1. The largest absolute Gasteiger partial charge is 0.306 e. The van der Waals surface area contributed by atoms with Crippen LogP contribution in [-0.2, 0) is 0 Å². The second-order valence-electron chi connectivity index (χ2n) is 3.92. The summed E-state index contributed by atoms with van der Waals surface area (Å²) in [6.45, 7) is 1.57. The van der Waals surface area contributed by atoms with Crippen LogP contribution in [0.2, 0.25) is 5.28 Å². The Morgan fingerprint density at radius 3 is 2.75 bits per heavy atom. The first kappa shape index (κ1) is 13.9. The molecule has 0 radical (unpaired) electrons. The van der Waals surface area contributed by atoms with Crippen molar-refractivity contribution < 1.29 is 9.72 Å². The number of benzene rings is 1. The normalized spacial score (nSPS) is 10.1. The number of rotatable bonds is 3. The van der Waals surface area contributed by atoms with Gasteiger partial charge >= 0.3 is 0 Å². The molecule has 2 rings (SSSR count). The quantitative estimate of drug-likeness (QED) is 0.532. The third kappa shape index (κ3) is 3.07. The first-order valence-electron chi connectivity index (χ1n) is 5.52. The van der Waals surface area contributed by atoms with Crippen LogP contribution in [0.1, 0.15) is 15.9 Å². The first-order valence-corrected chi connectivity index (χ1v) is 5.90. The molecular weight excluding hydrogens is 284 g/mol. The fourth-order valence-corrected chi connectivity index (χ4v) is 1.74. The summed E-state index contributed by atoms with van der Waals surface area (Å²) in [4.78, 5) is 29.7. The van der Waals surface area contributed by atoms with Crippen LogP contribution in [0.3, 0.4) is 0 Å². The topological polar surface area (TPSA) is 98.0 Å². The van der Waals surface area contributed by atoms with E-state index < -0.39 is 10.8 Å². The molecule has 0 spiro atoms. The lowest BCUT2D eigenvalue weighted by molar-refractivity contribution is -0.385. The lowest BCUT2D eigenvalue weighted by Crippen LogP contribution is -2.13. The average Bonchev–Trinajstić information content (AvgIpc) is 2.38. The van der Waals surface area contributed by atoms with Crippen LogP contribution in [0.15, 0.2) is 30.5 Å². The van der Waals surface area contributed by atoms with E-state index in [0.717, 1.165) is 0 Å². The predicted octanol–water partition coefficient (Wildman–Crippen LogP) is 2.60. The zero-order valence-electron chi connectivity index (χ0n) is 10.3. The molecule has 2 aromatic rings. The maximum absolute atomic E-state index is 12.0. The molecule has 1 aromatic heterocycles.